The van der Waals surface area contributed by atoms with Gasteiger partial charge in [0.05, 0.1) is 0 Å². The summed E-state index contributed by atoms with van der Waals surface area (Å²) in [6.07, 6.45) is 9.50. The molecule has 0 N–H and O–H groups in total. The second-order valence-electron chi connectivity index (χ2n) is 1.09. The van der Waals surface area contributed by atoms with Crippen molar-refractivity contribution in [3.05, 3.63) is 24.3 Å². The Kier molecular flexibility index (Phi) is 40.0. The van der Waals surface area contributed by atoms with Crippen LogP contribution in [-0.4, -0.2) is 0 Å². The first-order valence-electron chi connectivity index (χ1n) is 1.82. The van der Waals surface area contributed by atoms with Gasteiger partial charge in [-0.05, 0) is 6.42 Å². The van der Waals surface area contributed by atoms with Gasteiger partial charge in [-0.25, -0.2) is 0 Å². The van der Waals surface area contributed by atoms with Crippen LogP contribution >= 0.6 is 0 Å². The summed E-state index contributed by atoms with van der Waals surface area (Å²) >= 11 is 0. The largest absolute Gasteiger partial charge is 0.269 e. The molecule has 0 saturated heterocycles. The van der Waals surface area contributed by atoms with Gasteiger partial charge in [0.15, 0.2) is 0 Å². The normalized spacial score (nSPS) is 9.78. The van der Waals surface area contributed by atoms with E-state index in [9.17, 15) is 0 Å². The van der Waals surface area contributed by atoms with Gasteiger partial charge in [0.2, 0.25) is 0 Å². The Morgan fingerprint density at radius 2 is 1.11 bits per heavy atom. The van der Waals surface area contributed by atoms with Gasteiger partial charge in [-0.3, -0.25) is 14.1 Å². The Labute approximate surface area is 70.9 Å². The minimum absolute atomic E-state index is 0. The third-order valence-electron chi connectivity index (χ3n) is 0.655. The van der Waals surface area contributed by atoms with Crippen LogP contribution in [0.5, 0.6) is 0 Å². The summed E-state index contributed by atoms with van der Waals surface area (Å²) in [5.41, 5.74) is 0. The van der Waals surface area contributed by atoms with Gasteiger partial charge in [0.25, 0.3) is 0 Å². The Balaban J connectivity index is -0.0000000312. The molecule has 9 heavy (non-hydrogen) atoms. The molecular weight excluding hydrogens is 296 g/mol. The van der Waals surface area contributed by atoms with Crippen LogP contribution in [0.25, 0.3) is 0 Å². The average Bonchev–Trinajstić information content (AvgIpc) is 1.76. The number of hydrogen-bond acceptors (Lipinski definition) is 0. The van der Waals surface area contributed by atoms with Gasteiger partial charge in [0, 0.05) is 25.8 Å². The summed E-state index contributed by atoms with van der Waals surface area (Å²) in [5.74, 6) is 0. The molecule has 0 aromatic heterocycles. The van der Waals surface area contributed by atoms with E-state index in [0.29, 0.717) is 0 Å². The molecule has 0 heterocycles. The van der Waals surface area contributed by atoms with E-state index >= 15 is 0 Å². The second kappa shape index (κ2) is 15.7. The number of hydrogen-bond donors (Lipinski definition) is 0. The fourth-order valence-electron chi connectivity index (χ4n) is 0.393. The maximum atomic E-state index is 2.12. The third-order valence-corrected chi connectivity index (χ3v) is 0.655. The van der Waals surface area contributed by atoms with Crippen LogP contribution in [0.1, 0.15) is 6.42 Å². The Morgan fingerprint density at radius 1 is 0.778 bits per heavy atom. The van der Waals surface area contributed by atoms with Crippen LogP contribution in [-0.2, 0) is 25.8 Å². The predicted octanol–water partition coefficient (Wildman–Crippen LogP) is 1.96. The van der Waals surface area contributed by atoms with E-state index in [0.717, 1.165) is 6.42 Å². The Bertz CT molecular complexity index is 70.3. The van der Waals surface area contributed by atoms with Crippen molar-refractivity contribution >= 4 is 0 Å². The van der Waals surface area contributed by atoms with Crippen molar-refractivity contribution in [2.45, 2.75) is 6.42 Å². The molecule has 0 nitrogen and oxygen atoms in total. The van der Waals surface area contributed by atoms with Crippen molar-refractivity contribution < 1.29 is 40.0 Å². The number of rotatable bonds is 0. The molecule has 0 aromatic rings. The molecule has 0 aromatic carbocycles. The van der Waals surface area contributed by atoms with Crippen LogP contribution in [0.4, 0.5) is 14.1 Å². The molecule has 1 rings (SSSR count). The summed E-state index contributed by atoms with van der Waals surface area (Å²) in [5, 5.41) is 0. The first kappa shape index (κ1) is 22.9. The van der Waals surface area contributed by atoms with Gasteiger partial charge >= 0.3 is 0 Å². The summed E-state index contributed by atoms with van der Waals surface area (Å²) < 4.78 is 0. The van der Waals surface area contributed by atoms with Crippen LogP contribution in [0.15, 0.2) is 24.3 Å². The minimum atomic E-state index is 0. The van der Waals surface area contributed by atoms with Gasteiger partial charge in [-0.2, -0.15) is 0 Å². The first-order chi connectivity index (χ1) is 2.50. The monoisotopic (exact) mass is 306 g/mol. The van der Waals surface area contributed by atoms with E-state index in [2.05, 4.69) is 24.3 Å². The van der Waals surface area contributed by atoms with Crippen LogP contribution in [0.3, 0.4) is 0 Å². The topological polar surface area (TPSA) is 0 Å². The molecule has 0 saturated carbocycles. The van der Waals surface area contributed by atoms with Crippen LogP contribution < -0.4 is 0 Å². The van der Waals surface area contributed by atoms with E-state index < -0.39 is 0 Å². The van der Waals surface area contributed by atoms with E-state index in [1.807, 2.05) is 0 Å². The van der Waals surface area contributed by atoms with Crippen LogP contribution in [0.2, 0.25) is 0 Å². The van der Waals surface area contributed by atoms with E-state index in [-0.39, 0.29) is 40.0 Å². The zero-order chi connectivity index (χ0) is 3.54. The molecule has 0 aliphatic heterocycles. The summed E-state index contributed by atoms with van der Waals surface area (Å²) in [4.78, 5) is 0. The maximum absolute atomic E-state index is 2.12. The van der Waals surface area contributed by atoms with Crippen LogP contribution in [0, 0.1) is 0 Å². The van der Waals surface area contributed by atoms with E-state index in [4.69, 9.17) is 0 Å². The summed E-state index contributed by atoms with van der Waals surface area (Å²) in [7, 11) is 0. The molecule has 0 fully saturated rings. The van der Waals surface area contributed by atoms with Crippen molar-refractivity contribution in [1.29, 1.82) is 0 Å². The molecule has 4 heteroatoms. The van der Waals surface area contributed by atoms with Crippen molar-refractivity contribution in [2.75, 3.05) is 0 Å². The number of halogens is 3. The first-order valence-corrected chi connectivity index (χ1v) is 1.82. The molecule has 1 aliphatic rings. The zero-order valence-electron chi connectivity index (χ0n) is 4.74. The van der Waals surface area contributed by atoms with Gasteiger partial charge < -0.3 is 0 Å². The summed E-state index contributed by atoms with van der Waals surface area (Å²) in [6, 6.07) is 0. The van der Waals surface area contributed by atoms with Gasteiger partial charge in [-0.1, -0.05) is 24.3 Å². The molecule has 0 atom stereocenters. The van der Waals surface area contributed by atoms with Crippen molar-refractivity contribution in [1.82, 2.24) is 0 Å². The smallest absolute Gasteiger partial charge is 0 e. The number of allylic oxidation sites excluding steroid dienone is 4. The second-order valence-corrected chi connectivity index (χ2v) is 1.09. The third kappa shape index (κ3) is 11.6. The fourth-order valence-corrected chi connectivity index (χ4v) is 0.393. The molecule has 0 radical (unpaired) electrons. The quantitative estimate of drug-likeness (QED) is 0.600. The molecule has 0 spiro atoms. The molecular formula is C5H9F3Hf. The standard InChI is InChI=1S/C5H6.3FH.Hf/c1-2-4-5-3-1;;;;/h1-4H,5H2;3*1H;. The molecule has 0 amide bonds. The van der Waals surface area contributed by atoms with Crippen molar-refractivity contribution in [2.24, 2.45) is 0 Å². The fraction of sp³-hybridized carbons (Fsp3) is 0.200. The molecule has 0 bridgehead atoms. The molecule has 0 unspecified atom stereocenters. The van der Waals surface area contributed by atoms with Crippen molar-refractivity contribution in [3.8, 4) is 0 Å². The van der Waals surface area contributed by atoms with E-state index in [1.165, 1.54) is 0 Å². The van der Waals surface area contributed by atoms with E-state index in [1.54, 1.807) is 0 Å². The molecule has 1 aliphatic carbocycles. The average molecular weight is 305 g/mol. The van der Waals surface area contributed by atoms with Gasteiger partial charge in [0.1, 0.15) is 0 Å². The zero-order valence-corrected chi connectivity index (χ0v) is 8.33. The molecule has 54 valence electrons. The van der Waals surface area contributed by atoms with Gasteiger partial charge in [-0.15, -0.1) is 0 Å². The Morgan fingerprint density at radius 3 is 1.22 bits per heavy atom. The SMILES string of the molecule is C1=CCC=C1.F.F.F.[Hf]. The summed E-state index contributed by atoms with van der Waals surface area (Å²) in [6.45, 7) is 0. The maximum Gasteiger partial charge on any atom is 0 e. The Hall–Kier alpha value is 0.140. The van der Waals surface area contributed by atoms with Crippen molar-refractivity contribution in [3.63, 3.8) is 0 Å². The predicted molar refractivity (Wildman–Crippen MR) is 30.4 cm³/mol. The minimum Gasteiger partial charge on any atom is -0.269 e.